The molecule has 0 atom stereocenters. The van der Waals surface area contributed by atoms with Crippen LogP contribution in [0.1, 0.15) is 22.3 Å². The molecule has 1 aliphatic heterocycles. The molecule has 1 heterocycles. The number of benzene rings is 2. The van der Waals surface area contributed by atoms with Gasteiger partial charge in [-0.05, 0) is 36.1 Å². The summed E-state index contributed by atoms with van der Waals surface area (Å²) in [5, 5.41) is 6.82. The second kappa shape index (κ2) is 11.6. The van der Waals surface area contributed by atoms with Crippen molar-refractivity contribution in [2.24, 2.45) is 4.99 Å². The van der Waals surface area contributed by atoms with Crippen LogP contribution >= 0.6 is 0 Å². The molecule has 0 saturated carbocycles. The quantitative estimate of drug-likeness (QED) is 0.518. The smallest absolute Gasteiger partial charge is 0.191 e. The number of nitrogens with zero attached hydrogens (tertiary/aromatic N) is 2. The Hall–Kier alpha value is -2.57. The molecule has 0 aliphatic carbocycles. The van der Waals surface area contributed by atoms with E-state index >= 15 is 0 Å². The zero-order chi connectivity index (χ0) is 21.2. The molecule has 3 rings (SSSR count). The van der Waals surface area contributed by atoms with E-state index in [4.69, 9.17) is 9.47 Å². The summed E-state index contributed by atoms with van der Waals surface area (Å²) in [5.41, 5.74) is 5.04. The molecule has 0 radical (unpaired) electrons. The first-order chi connectivity index (χ1) is 14.7. The Kier molecular flexibility index (Phi) is 8.53. The third-order valence-electron chi connectivity index (χ3n) is 5.31. The number of nitrogens with one attached hydrogen (secondary N) is 2. The highest BCUT2D eigenvalue weighted by atomic mass is 16.5. The highest BCUT2D eigenvalue weighted by molar-refractivity contribution is 5.79. The molecule has 0 bridgehead atoms. The van der Waals surface area contributed by atoms with Crippen LogP contribution in [0, 0.1) is 6.92 Å². The van der Waals surface area contributed by atoms with Crippen molar-refractivity contribution in [3.05, 3.63) is 64.7 Å². The van der Waals surface area contributed by atoms with Crippen LogP contribution in [0.4, 0.5) is 0 Å². The van der Waals surface area contributed by atoms with Gasteiger partial charge in [0.05, 0.1) is 20.3 Å². The Morgan fingerprint density at radius 2 is 1.90 bits per heavy atom. The summed E-state index contributed by atoms with van der Waals surface area (Å²) in [6.07, 6.45) is 0.876. The summed E-state index contributed by atoms with van der Waals surface area (Å²) < 4.78 is 10.9. The minimum absolute atomic E-state index is 0.740. The third-order valence-corrected chi connectivity index (χ3v) is 5.31. The van der Waals surface area contributed by atoms with Crippen molar-refractivity contribution in [3.8, 4) is 5.75 Å². The zero-order valence-electron chi connectivity index (χ0n) is 18.4. The minimum atomic E-state index is 0.740. The Bertz CT molecular complexity index is 832. The fourth-order valence-electron chi connectivity index (χ4n) is 3.68. The monoisotopic (exact) mass is 410 g/mol. The Morgan fingerprint density at radius 3 is 2.67 bits per heavy atom. The van der Waals surface area contributed by atoms with Gasteiger partial charge in [0.2, 0.25) is 0 Å². The largest absolute Gasteiger partial charge is 0.496 e. The van der Waals surface area contributed by atoms with Crippen molar-refractivity contribution >= 4 is 5.96 Å². The van der Waals surface area contributed by atoms with Crippen LogP contribution in [-0.4, -0.2) is 57.9 Å². The number of hydrogen-bond acceptors (Lipinski definition) is 4. The maximum absolute atomic E-state index is 5.47. The number of aliphatic imine (C=N–C) groups is 1. The van der Waals surface area contributed by atoms with Gasteiger partial charge in [-0.2, -0.15) is 0 Å². The van der Waals surface area contributed by atoms with Gasteiger partial charge in [-0.1, -0.05) is 42.0 Å². The molecule has 162 valence electrons. The Balaban J connectivity index is 1.47. The fourth-order valence-corrected chi connectivity index (χ4v) is 3.68. The number of hydrogen-bond donors (Lipinski definition) is 2. The van der Waals surface area contributed by atoms with Gasteiger partial charge in [-0.15, -0.1) is 0 Å². The molecule has 0 spiro atoms. The topological polar surface area (TPSA) is 58.1 Å². The number of guanidine groups is 1. The molecule has 6 heteroatoms. The van der Waals surface area contributed by atoms with Gasteiger partial charge in [0.1, 0.15) is 5.75 Å². The molecule has 2 N–H and O–H groups in total. The molecular weight excluding hydrogens is 376 g/mol. The van der Waals surface area contributed by atoms with E-state index in [1.165, 1.54) is 22.3 Å². The number of aryl methyl sites for hydroxylation is 1. The van der Waals surface area contributed by atoms with Crippen LogP contribution in [0.5, 0.6) is 5.75 Å². The van der Waals surface area contributed by atoms with E-state index in [2.05, 4.69) is 63.8 Å². The standard InChI is InChI=1S/C24H34N4O2/c1-19-7-8-23(29-3)22(15-19)9-10-26-24(25-2)27-17-20-5-4-6-21(16-20)18-28-11-13-30-14-12-28/h4-8,15-16H,9-14,17-18H2,1-3H3,(H2,25,26,27). The van der Waals surface area contributed by atoms with E-state index < -0.39 is 0 Å². The molecule has 1 fully saturated rings. The van der Waals surface area contributed by atoms with Gasteiger partial charge in [-0.25, -0.2) is 0 Å². The normalized spacial score (nSPS) is 15.1. The first-order valence-corrected chi connectivity index (χ1v) is 10.6. The number of morpholine rings is 1. The maximum Gasteiger partial charge on any atom is 0.191 e. The molecule has 0 aromatic heterocycles. The van der Waals surface area contributed by atoms with Crippen LogP contribution in [0.15, 0.2) is 47.5 Å². The van der Waals surface area contributed by atoms with Gasteiger partial charge < -0.3 is 20.1 Å². The molecular formula is C24H34N4O2. The van der Waals surface area contributed by atoms with Crippen molar-refractivity contribution < 1.29 is 9.47 Å². The molecule has 2 aromatic rings. The lowest BCUT2D eigenvalue weighted by Crippen LogP contribution is -2.38. The van der Waals surface area contributed by atoms with Crippen LogP contribution in [0.2, 0.25) is 0 Å². The number of methoxy groups -OCH3 is 1. The lowest BCUT2D eigenvalue weighted by Gasteiger charge is -2.26. The molecule has 1 aliphatic rings. The maximum atomic E-state index is 5.47. The summed E-state index contributed by atoms with van der Waals surface area (Å²) in [7, 11) is 3.52. The molecule has 6 nitrogen and oxygen atoms in total. The average molecular weight is 411 g/mol. The second-order valence-corrected chi connectivity index (χ2v) is 7.63. The van der Waals surface area contributed by atoms with Gasteiger partial charge in [0, 0.05) is 39.8 Å². The van der Waals surface area contributed by atoms with Crippen LogP contribution in [0.3, 0.4) is 0 Å². The van der Waals surface area contributed by atoms with Crippen molar-refractivity contribution in [2.45, 2.75) is 26.4 Å². The zero-order valence-corrected chi connectivity index (χ0v) is 18.4. The predicted molar refractivity (Wildman–Crippen MR) is 122 cm³/mol. The predicted octanol–water partition coefficient (Wildman–Crippen LogP) is 2.74. The molecule has 30 heavy (non-hydrogen) atoms. The summed E-state index contributed by atoms with van der Waals surface area (Å²) in [4.78, 5) is 6.79. The van der Waals surface area contributed by atoms with Crippen LogP contribution < -0.4 is 15.4 Å². The number of ether oxygens (including phenoxy) is 2. The third kappa shape index (κ3) is 6.75. The van der Waals surface area contributed by atoms with Gasteiger partial charge in [-0.3, -0.25) is 9.89 Å². The Morgan fingerprint density at radius 1 is 1.10 bits per heavy atom. The molecule has 0 unspecified atom stereocenters. The van der Waals surface area contributed by atoms with E-state index in [9.17, 15) is 0 Å². The van der Waals surface area contributed by atoms with Crippen LogP contribution in [0.25, 0.3) is 0 Å². The van der Waals surface area contributed by atoms with Crippen molar-refractivity contribution in [2.75, 3.05) is 47.0 Å². The van der Waals surface area contributed by atoms with Crippen molar-refractivity contribution in [1.29, 1.82) is 0 Å². The second-order valence-electron chi connectivity index (χ2n) is 7.63. The summed E-state index contributed by atoms with van der Waals surface area (Å²) in [6, 6.07) is 15.0. The minimum Gasteiger partial charge on any atom is -0.496 e. The average Bonchev–Trinajstić information content (AvgIpc) is 2.77. The summed E-state index contributed by atoms with van der Waals surface area (Å²) >= 11 is 0. The van der Waals surface area contributed by atoms with E-state index in [1.54, 1.807) is 14.2 Å². The van der Waals surface area contributed by atoms with E-state index in [-0.39, 0.29) is 0 Å². The van der Waals surface area contributed by atoms with Gasteiger partial charge >= 0.3 is 0 Å². The van der Waals surface area contributed by atoms with E-state index in [0.717, 1.165) is 64.1 Å². The molecule has 2 aromatic carbocycles. The lowest BCUT2D eigenvalue weighted by molar-refractivity contribution is 0.0342. The van der Waals surface area contributed by atoms with Crippen molar-refractivity contribution in [3.63, 3.8) is 0 Å². The molecule has 1 saturated heterocycles. The summed E-state index contributed by atoms with van der Waals surface area (Å²) in [5.74, 6) is 1.74. The van der Waals surface area contributed by atoms with Crippen LogP contribution in [-0.2, 0) is 24.2 Å². The SMILES string of the molecule is CN=C(NCCc1cc(C)ccc1OC)NCc1cccc(CN2CCOCC2)c1. The summed E-state index contributed by atoms with van der Waals surface area (Å²) in [6.45, 7) is 8.28. The Labute approximate surface area is 180 Å². The van der Waals surface area contributed by atoms with Gasteiger partial charge in [0.15, 0.2) is 5.96 Å². The van der Waals surface area contributed by atoms with Gasteiger partial charge in [0.25, 0.3) is 0 Å². The molecule has 0 amide bonds. The van der Waals surface area contributed by atoms with E-state index in [1.807, 2.05) is 6.07 Å². The highest BCUT2D eigenvalue weighted by Gasteiger charge is 2.11. The van der Waals surface area contributed by atoms with Crippen molar-refractivity contribution in [1.82, 2.24) is 15.5 Å². The lowest BCUT2D eigenvalue weighted by atomic mass is 10.1. The number of rotatable bonds is 8. The fraction of sp³-hybridized carbons (Fsp3) is 0.458. The highest BCUT2D eigenvalue weighted by Crippen LogP contribution is 2.19. The first kappa shape index (κ1) is 22.1. The van der Waals surface area contributed by atoms with E-state index in [0.29, 0.717) is 0 Å². The first-order valence-electron chi connectivity index (χ1n) is 10.6.